The van der Waals surface area contributed by atoms with E-state index in [9.17, 15) is 4.79 Å². The highest BCUT2D eigenvalue weighted by atomic mass is 16.2. The predicted molar refractivity (Wildman–Crippen MR) is 33.3 cm³/mol. The summed E-state index contributed by atoms with van der Waals surface area (Å²) < 4.78 is 0. The van der Waals surface area contributed by atoms with Crippen LogP contribution in [-0.2, 0) is 4.79 Å². The lowest BCUT2D eigenvalue weighted by molar-refractivity contribution is -0.111. The number of terminal acetylenes is 1. The van der Waals surface area contributed by atoms with Crippen LogP contribution in [0.15, 0.2) is 0 Å². The second kappa shape index (κ2) is 6.50. The molecular formula is C5H8N2O2. The van der Waals surface area contributed by atoms with Crippen molar-refractivity contribution in [2.45, 2.75) is 6.92 Å². The molecule has 0 atom stereocenters. The summed E-state index contributed by atoms with van der Waals surface area (Å²) in [5.74, 6) is 1.67. The second-order valence-electron chi connectivity index (χ2n) is 1.10. The van der Waals surface area contributed by atoms with E-state index in [1.54, 1.807) is 0 Å². The molecule has 0 aromatic heterocycles. The quantitative estimate of drug-likeness (QED) is 0.331. The number of nitrogens with two attached hydrogens (primary N) is 2. The van der Waals surface area contributed by atoms with Crippen LogP contribution in [0.2, 0.25) is 0 Å². The normalized spacial score (nSPS) is 5.78. The Morgan fingerprint density at radius 3 is 1.56 bits per heavy atom. The minimum Gasteiger partial charge on any atom is -0.352 e. The molecule has 0 fully saturated rings. The van der Waals surface area contributed by atoms with Gasteiger partial charge in [-0.1, -0.05) is 0 Å². The van der Waals surface area contributed by atoms with Gasteiger partial charge >= 0.3 is 6.03 Å². The summed E-state index contributed by atoms with van der Waals surface area (Å²) in [7, 11) is 0. The van der Waals surface area contributed by atoms with Crippen molar-refractivity contribution in [2.24, 2.45) is 11.5 Å². The van der Waals surface area contributed by atoms with Crippen LogP contribution in [0, 0.1) is 12.3 Å². The van der Waals surface area contributed by atoms with Gasteiger partial charge in [-0.3, -0.25) is 4.79 Å². The number of ketones is 1. The van der Waals surface area contributed by atoms with Gasteiger partial charge < -0.3 is 11.5 Å². The maximum atomic E-state index is 9.58. The van der Waals surface area contributed by atoms with Crippen molar-refractivity contribution in [2.75, 3.05) is 0 Å². The van der Waals surface area contributed by atoms with Crippen LogP contribution < -0.4 is 11.5 Å². The fraction of sp³-hybridized carbons (Fsp3) is 0.200. The molecule has 0 unspecified atom stereocenters. The molecule has 0 heterocycles. The third-order valence-electron chi connectivity index (χ3n) is 0.203. The zero-order chi connectivity index (χ0) is 7.86. The van der Waals surface area contributed by atoms with E-state index in [1.165, 1.54) is 6.92 Å². The maximum Gasteiger partial charge on any atom is 0.309 e. The predicted octanol–water partition coefficient (Wildman–Crippen LogP) is -0.768. The van der Waals surface area contributed by atoms with Gasteiger partial charge in [0.2, 0.25) is 5.78 Å². The monoisotopic (exact) mass is 128 g/mol. The summed E-state index contributed by atoms with van der Waals surface area (Å²) in [6, 6.07) is -0.833. The third-order valence-corrected chi connectivity index (χ3v) is 0.203. The summed E-state index contributed by atoms with van der Waals surface area (Å²) >= 11 is 0. The highest BCUT2D eigenvalue weighted by molar-refractivity contribution is 5.92. The Bertz CT molecular complexity index is 142. The van der Waals surface area contributed by atoms with Gasteiger partial charge in [0.1, 0.15) is 0 Å². The summed E-state index contributed by atoms with van der Waals surface area (Å²) in [4.78, 5) is 18.6. The molecule has 0 aliphatic rings. The molecule has 50 valence electrons. The van der Waals surface area contributed by atoms with Crippen LogP contribution in [0.25, 0.3) is 0 Å². The van der Waals surface area contributed by atoms with Gasteiger partial charge in [-0.2, -0.15) is 0 Å². The highest BCUT2D eigenvalue weighted by Crippen LogP contribution is 1.52. The van der Waals surface area contributed by atoms with Crippen molar-refractivity contribution in [1.82, 2.24) is 0 Å². The van der Waals surface area contributed by atoms with Crippen molar-refractivity contribution in [3.05, 3.63) is 0 Å². The molecule has 0 saturated carbocycles. The summed E-state index contributed by atoms with van der Waals surface area (Å²) in [5, 5.41) is 0. The van der Waals surface area contributed by atoms with E-state index in [2.05, 4.69) is 17.9 Å². The fourth-order valence-electron chi connectivity index (χ4n) is 0. The standard InChI is InChI=1S/C4H4O.CH4N2O/c1-3-4(2)5;2-1(3)4/h1H,2H3;(H4,2,3,4). The van der Waals surface area contributed by atoms with Crippen molar-refractivity contribution in [3.63, 3.8) is 0 Å². The highest BCUT2D eigenvalue weighted by Gasteiger charge is 1.70. The molecule has 0 aromatic carbocycles. The zero-order valence-corrected chi connectivity index (χ0v) is 5.05. The molecule has 0 bridgehead atoms. The van der Waals surface area contributed by atoms with E-state index in [1.807, 2.05) is 5.92 Å². The Morgan fingerprint density at radius 2 is 1.56 bits per heavy atom. The first-order valence-corrected chi connectivity index (χ1v) is 2.02. The first-order chi connectivity index (χ1) is 4.00. The molecule has 4 N–H and O–H groups in total. The molecule has 0 aliphatic heterocycles. The molecule has 0 spiro atoms. The summed E-state index contributed by atoms with van der Waals surface area (Å²) in [6.07, 6.45) is 4.57. The smallest absolute Gasteiger partial charge is 0.309 e. The Labute approximate surface area is 53.2 Å². The number of carbonyl (C=O) groups is 2. The lowest BCUT2D eigenvalue weighted by Crippen LogP contribution is -2.18. The number of amides is 2. The summed E-state index contributed by atoms with van der Waals surface area (Å²) in [6.45, 7) is 1.35. The average Bonchev–Trinajstić information content (AvgIpc) is 1.65. The van der Waals surface area contributed by atoms with Crippen molar-refractivity contribution >= 4 is 11.8 Å². The van der Waals surface area contributed by atoms with Crippen molar-refractivity contribution in [3.8, 4) is 12.3 Å². The van der Waals surface area contributed by atoms with E-state index in [-0.39, 0.29) is 5.78 Å². The largest absolute Gasteiger partial charge is 0.352 e. The van der Waals surface area contributed by atoms with Crippen LogP contribution in [0.1, 0.15) is 6.92 Å². The average molecular weight is 128 g/mol. The van der Waals surface area contributed by atoms with E-state index < -0.39 is 6.03 Å². The first kappa shape index (κ1) is 10.5. The third kappa shape index (κ3) is 526. The van der Waals surface area contributed by atoms with E-state index in [0.29, 0.717) is 0 Å². The number of hydrogen-bond donors (Lipinski definition) is 2. The van der Waals surface area contributed by atoms with Gasteiger partial charge in [0.05, 0.1) is 0 Å². The van der Waals surface area contributed by atoms with Crippen molar-refractivity contribution < 1.29 is 9.59 Å². The molecular weight excluding hydrogens is 120 g/mol. The van der Waals surface area contributed by atoms with Gasteiger partial charge in [0.15, 0.2) is 0 Å². The lowest BCUT2D eigenvalue weighted by Gasteiger charge is -1.62. The molecule has 0 aliphatic carbocycles. The molecule has 0 rings (SSSR count). The van der Waals surface area contributed by atoms with Crippen molar-refractivity contribution in [1.29, 1.82) is 0 Å². The van der Waals surface area contributed by atoms with E-state index in [4.69, 9.17) is 4.79 Å². The van der Waals surface area contributed by atoms with Gasteiger partial charge in [-0.05, 0) is 5.92 Å². The van der Waals surface area contributed by atoms with Gasteiger partial charge in [0.25, 0.3) is 0 Å². The minimum absolute atomic E-state index is 0.218. The topological polar surface area (TPSA) is 86.2 Å². The molecule has 2 amide bonds. The molecule has 0 saturated heterocycles. The van der Waals surface area contributed by atoms with Gasteiger partial charge in [-0.15, -0.1) is 6.42 Å². The van der Waals surface area contributed by atoms with Crippen LogP contribution in [0.5, 0.6) is 0 Å². The molecule has 9 heavy (non-hydrogen) atoms. The van der Waals surface area contributed by atoms with Crippen LogP contribution in [0.4, 0.5) is 4.79 Å². The number of carbonyl (C=O) groups excluding carboxylic acids is 2. The molecule has 0 aromatic rings. The van der Waals surface area contributed by atoms with E-state index >= 15 is 0 Å². The minimum atomic E-state index is -0.833. The lowest BCUT2D eigenvalue weighted by atomic mass is 10.5. The van der Waals surface area contributed by atoms with Crippen LogP contribution in [0.3, 0.4) is 0 Å². The second-order valence-corrected chi connectivity index (χ2v) is 1.10. The maximum absolute atomic E-state index is 9.58. The Kier molecular flexibility index (Phi) is 7.57. The van der Waals surface area contributed by atoms with Crippen LogP contribution >= 0.6 is 0 Å². The summed E-state index contributed by atoms with van der Waals surface area (Å²) in [5.41, 5.74) is 8.50. The van der Waals surface area contributed by atoms with E-state index in [0.717, 1.165) is 0 Å². The van der Waals surface area contributed by atoms with Crippen LogP contribution in [-0.4, -0.2) is 11.8 Å². The first-order valence-electron chi connectivity index (χ1n) is 2.02. The Morgan fingerprint density at radius 1 is 1.44 bits per heavy atom. The fourth-order valence-corrected chi connectivity index (χ4v) is 0. The van der Waals surface area contributed by atoms with Gasteiger partial charge in [0, 0.05) is 6.92 Å². The molecule has 0 radical (unpaired) electrons. The number of Topliss-reactive ketones (excluding diaryl/α,β-unsaturated/α-hetero) is 1. The number of hydrogen-bond acceptors (Lipinski definition) is 2. The number of urea groups is 1. The molecule has 4 heteroatoms. The SMILES string of the molecule is C#CC(C)=O.NC(N)=O. The number of rotatable bonds is 0. The zero-order valence-electron chi connectivity index (χ0n) is 5.05. The Hall–Kier alpha value is -1.50. The number of primary amides is 2. The van der Waals surface area contributed by atoms with Gasteiger partial charge in [-0.25, -0.2) is 4.79 Å². The molecule has 4 nitrogen and oxygen atoms in total. The Balaban J connectivity index is 0.